The second kappa shape index (κ2) is 6.01. The number of aliphatic hydroxyl groups is 1. The van der Waals surface area contributed by atoms with Crippen LogP contribution in [0.4, 0.5) is 0 Å². The lowest BCUT2D eigenvalue weighted by Crippen LogP contribution is -2.47. The smallest absolute Gasteiger partial charge is 0.233 e. The first-order valence-electron chi connectivity index (χ1n) is 6.11. The van der Waals surface area contributed by atoms with Crippen molar-refractivity contribution in [1.82, 2.24) is 5.32 Å². The highest BCUT2D eigenvalue weighted by molar-refractivity contribution is 9.10. The van der Waals surface area contributed by atoms with Gasteiger partial charge in [-0.2, -0.15) is 0 Å². The normalized spacial score (nSPS) is 32.1. The van der Waals surface area contributed by atoms with Crippen molar-refractivity contribution in [3.05, 3.63) is 0 Å². The van der Waals surface area contributed by atoms with Gasteiger partial charge in [-0.25, -0.2) is 0 Å². The molecule has 0 aromatic rings. The van der Waals surface area contributed by atoms with Gasteiger partial charge in [0.1, 0.15) is 0 Å². The van der Waals surface area contributed by atoms with Crippen LogP contribution in [-0.4, -0.2) is 28.0 Å². The summed E-state index contributed by atoms with van der Waals surface area (Å²) in [6.07, 6.45) is 4.61. The molecule has 3 unspecified atom stereocenters. The van der Waals surface area contributed by atoms with Gasteiger partial charge in [0.05, 0.1) is 10.4 Å². The van der Waals surface area contributed by atoms with Gasteiger partial charge in [0.2, 0.25) is 5.91 Å². The molecule has 3 atom stereocenters. The molecule has 1 saturated carbocycles. The Bertz CT molecular complexity index is 247. The van der Waals surface area contributed by atoms with E-state index in [1.807, 2.05) is 6.92 Å². The van der Waals surface area contributed by atoms with Crippen LogP contribution in [0.15, 0.2) is 0 Å². The van der Waals surface area contributed by atoms with Crippen LogP contribution in [0.3, 0.4) is 0 Å². The van der Waals surface area contributed by atoms with Crippen LogP contribution in [0.2, 0.25) is 0 Å². The Kier molecular flexibility index (Phi) is 5.25. The quantitative estimate of drug-likeness (QED) is 0.781. The topological polar surface area (TPSA) is 49.3 Å². The average Bonchev–Trinajstić information content (AvgIpc) is 2.24. The first-order chi connectivity index (χ1) is 7.47. The standard InChI is InChI=1S/C12H22BrNO2/c1-3-10(13)11(15)14-8-12(16)6-4-5-9(2)7-12/h9-10,16H,3-8H2,1-2H3,(H,14,15). The molecular formula is C12H22BrNO2. The second-order valence-electron chi connectivity index (χ2n) is 5.02. The van der Waals surface area contributed by atoms with Gasteiger partial charge < -0.3 is 10.4 Å². The zero-order valence-electron chi connectivity index (χ0n) is 10.1. The lowest BCUT2D eigenvalue weighted by atomic mass is 9.79. The molecule has 0 saturated heterocycles. The van der Waals surface area contributed by atoms with Crippen LogP contribution in [0.5, 0.6) is 0 Å². The summed E-state index contributed by atoms with van der Waals surface area (Å²) < 4.78 is 0. The summed E-state index contributed by atoms with van der Waals surface area (Å²) in [5.74, 6) is 0.538. The second-order valence-corrected chi connectivity index (χ2v) is 6.12. The molecule has 0 aliphatic heterocycles. The van der Waals surface area contributed by atoms with Crippen LogP contribution in [0.1, 0.15) is 46.0 Å². The zero-order valence-corrected chi connectivity index (χ0v) is 11.7. The number of alkyl halides is 1. The molecule has 16 heavy (non-hydrogen) atoms. The third-order valence-corrected chi connectivity index (χ3v) is 4.37. The number of halogens is 1. The minimum absolute atomic E-state index is 0.0193. The van der Waals surface area contributed by atoms with Crippen molar-refractivity contribution in [1.29, 1.82) is 0 Å². The molecule has 0 radical (unpaired) electrons. The third kappa shape index (κ3) is 4.06. The fourth-order valence-electron chi connectivity index (χ4n) is 2.34. The maximum Gasteiger partial charge on any atom is 0.233 e. The van der Waals surface area contributed by atoms with Gasteiger partial charge in [0.15, 0.2) is 0 Å². The number of amides is 1. The van der Waals surface area contributed by atoms with Crippen molar-refractivity contribution in [2.24, 2.45) is 5.92 Å². The maximum absolute atomic E-state index is 11.6. The summed E-state index contributed by atoms with van der Waals surface area (Å²) in [5.41, 5.74) is -0.687. The van der Waals surface area contributed by atoms with E-state index < -0.39 is 5.60 Å². The number of hydrogen-bond acceptors (Lipinski definition) is 2. The Hall–Kier alpha value is -0.0900. The van der Waals surface area contributed by atoms with Gasteiger partial charge in [-0.15, -0.1) is 0 Å². The molecule has 1 aliphatic carbocycles. The van der Waals surface area contributed by atoms with Crippen LogP contribution < -0.4 is 5.32 Å². The van der Waals surface area contributed by atoms with Gasteiger partial charge in [-0.3, -0.25) is 4.79 Å². The Morgan fingerprint density at radius 2 is 2.38 bits per heavy atom. The first-order valence-corrected chi connectivity index (χ1v) is 7.02. The number of rotatable bonds is 4. The van der Waals surface area contributed by atoms with Gasteiger partial charge in [-0.05, 0) is 25.2 Å². The van der Waals surface area contributed by atoms with E-state index in [0.717, 1.165) is 25.7 Å². The molecular weight excluding hydrogens is 270 g/mol. The van der Waals surface area contributed by atoms with Crippen LogP contribution >= 0.6 is 15.9 Å². The number of nitrogens with one attached hydrogen (secondary N) is 1. The highest BCUT2D eigenvalue weighted by atomic mass is 79.9. The monoisotopic (exact) mass is 291 g/mol. The molecule has 1 amide bonds. The molecule has 0 heterocycles. The van der Waals surface area contributed by atoms with Crippen molar-refractivity contribution in [2.75, 3.05) is 6.54 Å². The SMILES string of the molecule is CCC(Br)C(=O)NCC1(O)CCCC(C)C1. The van der Waals surface area contributed by atoms with E-state index in [0.29, 0.717) is 12.5 Å². The van der Waals surface area contributed by atoms with Gasteiger partial charge in [0.25, 0.3) is 0 Å². The maximum atomic E-state index is 11.6. The first kappa shape index (κ1) is 14.0. The van der Waals surface area contributed by atoms with E-state index in [1.165, 1.54) is 6.42 Å². The Morgan fingerprint density at radius 3 is 2.94 bits per heavy atom. The predicted molar refractivity (Wildman–Crippen MR) is 68.6 cm³/mol. The lowest BCUT2D eigenvalue weighted by Gasteiger charge is -2.35. The molecule has 4 heteroatoms. The van der Waals surface area contributed by atoms with Crippen molar-refractivity contribution in [2.45, 2.75) is 56.4 Å². The molecule has 1 aliphatic rings. The van der Waals surface area contributed by atoms with Crippen molar-refractivity contribution in [3.8, 4) is 0 Å². The molecule has 0 aromatic heterocycles. The van der Waals surface area contributed by atoms with E-state index in [2.05, 4.69) is 28.2 Å². The van der Waals surface area contributed by atoms with E-state index in [9.17, 15) is 9.90 Å². The fourth-order valence-corrected chi connectivity index (χ4v) is 2.50. The number of hydrogen-bond donors (Lipinski definition) is 2. The molecule has 0 aromatic carbocycles. The summed E-state index contributed by atoms with van der Waals surface area (Å²) in [6, 6.07) is 0. The molecule has 0 bridgehead atoms. The molecule has 94 valence electrons. The minimum atomic E-state index is -0.687. The van der Waals surface area contributed by atoms with Gasteiger partial charge in [0, 0.05) is 6.54 Å². The van der Waals surface area contributed by atoms with E-state index in [-0.39, 0.29) is 10.7 Å². The minimum Gasteiger partial charge on any atom is -0.388 e. The average molecular weight is 292 g/mol. The van der Waals surface area contributed by atoms with E-state index in [1.54, 1.807) is 0 Å². The zero-order chi connectivity index (χ0) is 12.2. The van der Waals surface area contributed by atoms with Crippen molar-refractivity contribution in [3.63, 3.8) is 0 Å². The summed E-state index contributed by atoms with van der Waals surface area (Å²) in [6.45, 7) is 4.50. The molecule has 1 fully saturated rings. The Balaban J connectivity index is 2.38. The Labute approximate surface area is 106 Å². The fraction of sp³-hybridized carbons (Fsp3) is 0.917. The number of carbonyl (C=O) groups is 1. The van der Waals surface area contributed by atoms with Crippen molar-refractivity contribution >= 4 is 21.8 Å². The molecule has 2 N–H and O–H groups in total. The predicted octanol–water partition coefficient (Wildman–Crippen LogP) is 2.22. The number of carbonyl (C=O) groups excluding carboxylic acids is 1. The third-order valence-electron chi connectivity index (χ3n) is 3.30. The van der Waals surface area contributed by atoms with E-state index >= 15 is 0 Å². The summed E-state index contributed by atoms with van der Waals surface area (Å²) >= 11 is 3.30. The van der Waals surface area contributed by atoms with Crippen LogP contribution in [0.25, 0.3) is 0 Å². The summed E-state index contributed by atoms with van der Waals surface area (Å²) in [7, 11) is 0. The molecule has 0 spiro atoms. The summed E-state index contributed by atoms with van der Waals surface area (Å²) in [5, 5.41) is 13.1. The highest BCUT2D eigenvalue weighted by Crippen LogP contribution is 2.31. The highest BCUT2D eigenvalue weighted by Gasteiger charge is 2.33. The van der Waals surface area contributed by atoms with Crippen LogP contribution in [0, 0.1) is 5.92 Å². The van der Waals surface area contributed by atoms with Gasteiger partial charge in [-0.1, -0.05) is 42.6 Å². The van der Waals surface area contributed by atoms with Gasteiger partial charge >= 0.3 is 0 Å². The molecule has 3 nitrogen and oxygen atoms in total. The Morgan fingerprint density at radius 1 is 1.69 bits per heavy atom. The van der Waals surface area contributed by atoms with Crippen molar-refractivity contribution < 1.29 is 9.90 Å². The summed E-state index contributed by atoms with van der Waals surface area (Å²) in [4.78, 5) is 11.4. The van der Waals surface area contributed by atoms with Crippen LogP contribution in [-0.2, 0) is 4.79 Å². The largest absolute Gasteiger partial charge is 0.388 e. The lowest BCUT2D eigenvalue weighted by molar-refractivity contribution is -0.122. The molecule has 1 rings (SSSR count). The van der Waals surface area contributed by atoms with E-state index in [4.69, 9.17) is 0 Å².